The monoisotopic (exact) mass is 314 g/mol. The number of benzene rings is 1. The summed E-state index contributed by atoms with van der Waals surface area (Å²) in [5, 5.41) is 2.00. The number of hydrogen-bond acceptors (Lipinski definition) is 3. The molecule has 1 atom stereocenters. The molecule has 0 bridgehead atoms. The molecule has 0 aliphatic rings. The zero-order valence-electron chi connectivity index (χ0n) is 8.99. The number of nitrogens with two attached hydrogens (primary N) is 1. The molecule has 0 aliphatic carbocycles. The van der Waals surface area contributed by atoms with Crippen LogP contribution < -0.4 is 11.3 Å². The molecule has 0 saturated heterocycles. The highest BCUT2D eigenvalue weighted by Gasteiger charge is 2.13. The van der Waals surface area contributed by atoms with Gasteiger partial charge in [0.25, 0.3) is 0 Å². The largest absolute Gasteiger partial charge is 0.271 e. The van der Waals surface area contributed by atoms with Crippen molar-refractivity contribution in [3.8, 4) is 0 Å². The highest BCUT2D eigenvalue weighted by Crippen LogP contribution is 2.26. The minimum absolute atomic E-state index is 0.00750. The molecular weight excluding hydrogens is 303 g/mol. The van der Waals surface area contributed by atoms with E-state index in [1.807, 2.05) is 17.5 Å². The first-order valence-electron chi connectivity index (χ1n) is 5.14. The normalized spacial score (nSPS) is 12.6. The standard InChI is InChI=1S/C12H12BrFN2S/c13-10-4-3-9(14)6-8(10)7-11(16-15)12-2-1-5-17-12/h1-6,11,16H,7,15H2. The number of halogens is 2. The van der Waals surface area contributed by atoms with Crippen LogP contribution in [0.15, 0.2) is 40.2 Å². The Hall–Kier alpha value is -0.750. The summed E-state index contributed by atoms with van der Waals surface area (Å²) in [6.45, 7) is 0. The lowest BCUT2D eigenvalue weighted by Gasteiger charge is -2.15. The van der Waals surface area contributed by atoms with E-state index in [0.29, 0.717) is 6.42 Å². The molecule has 2 nitrogen and oxygen atoms in total. The highest BCUT2D eigenvalue weighted by molar-refractivity contribution is 9.10. The van der Waals surface area contributed by atoms with Gasteiger partial charge in [-0.05, 0) is 41.6 Å². The van der Waals surface area contributed by atoms with Gasteiger partial charge in [-0.1, -0.05) is 22.0 Å². The summed E-state index contributed by atoms with van der Waals surface area (Å²) in [5.41, 5.74) is 3.67. The van der Waals surface area contributed by atoms with Gasteiger partial charge >= 0.3 is 0 Å². The van der Waals surface area contributed by atoms with Crippen LogP contribution in [0.5, 0.6) is 0 Å². The molecule has 0 spiro atoms. The molecule has 0 saturated carbocycles. The van der Waals surface area contributed by atoms with Gasteiger partial charge in [0.2, 0.25) is 0 Å². The van der Waals surface area contributed by atoms with Crippen molar-refractivity contribution in [2.45, 2.75) is 12.5 Å². The van der Waals surface area contributed by atoms with Crippen LogP contribution in [0.1, 0.15) is 16.5 Å². The van der Waals surface area contributed by atoms with Crippen molar-refractivity contribution in [3.63, 3.8) is 0 Å². The molecule has 0 radical (unpaired) electrons. The maximum atomic E-state index is 13.2. The number of hydrazine groups is 1. The van der Waals surface area contributed by atoms with Gasteiger partial charge in [0.15, 0.2) is 0 Å². The van der Waals surface area contributed by atoms with Gasteiger partial charge in [0.05, 0.1) is 6.04 Å². The van der Waals surface area contributed by atoms with E-state index in [9.17, 15) is 4.39 Å². The molecule has 0 amide bonds. The fourth-order valence-electron chi connectivity index (χ4n) is 1.65. The molecule has 0 aliphatic heterocycles. The lowest BCUT2D eigenvalue weighted by molar-refractivity contribution is 0.555. The number of rotatable bonds is 4. The number of thiophene rings is 1. The Morgan fingerprint density at radius 3 is 2.88 bits per heavy atom. The molecular formula is C12H12BrFN2S. The van der Waals surface area contributed by atoms with E-state index >= 15 is 0 Å². The summed E-state index contributed by atoms with van der Waals surface area (Å²) >= 11 is 5.05. The van der Waals surface area contributed by atoms with Crippen LogP contribution in [-0.4, -0.2) is 0 Å². The fourth-order valence-corrected chi connectivity index (χ4v) is 2.85. The molecule has 5 heteroatoms. The quantitative estimate of drug-likeness (QED) is 0.670. The summed E-state index contributed by atoms with van der Waals surface area (Å²) in [5.74, 6) is 5.32. The van der Waals surface area contributed by atoms with Crippen LogP contribution in [0.3, 0.4) is 0 Å². The Kier molecular flexibility index (Phi) is 4.28. The first-order chi connectivity index (χ1) is 8.20. The van der Waals surface area contributed by atoms with Crippen LogP contribution in [-0.2, 0) is 6.42 Å². The van der Waals surface area contributed by atoms with Crippen molar-refractivity contribution in [2.24, 2.45) is 5.84 Å². The molecule has 1 aromatic carbocycles. The smallest absolute Gasteiger partial charge is 0.123 e. The highest BCUT2D eigenvalue weighted by atomic mass is 79.9. The van der Waals surface area contributed by atoms with Crippen molar-refractivity contribution >= 4 is 27.3 Å². The van der Waals surface area contributed by atoms with Crippen LogP contribution in [0.4, 0.5) is 4.39 Å². The molecule has 2 rings (SSSR count). The molecule has 17 heavy (non-hydrogen) atoms. The van der Waals surface area contributed by atoms with E-state index in [2.05, 4.69) is 21.4 Å². The molecule has 1 heterocycles. The second-order valence-electron chi connectivity index (χ2n) is 3.67. The summed E-state index contributed by atoms with van der Waals surface area (Å²) in [6.07, 6.45) is 0.648. The van der Waals surface area contributed by atoms with E-state index in [1.54, 1.807) is 17.4 Å². The zero-order valence-corrected chi connectivity index (χ0v) is 11.4. The van der Waals surface area contributed by atoms with E-state index in [0.717, 1.165) is 14.9 Å². The van der Waals surface area contributed by atoms with Gasteiger partial charge in [-0.2, -0.15) is 0 Å². The Labute approximate surface area is 112 Å². The summed E-state index contributed by atoms with van der Waals surface area (Å²) in [7, 11) is 0. The molecule has 90 valence electrons. The minimum Gasteiger partial charge on any atom is -0.271 e. The predicted molar refractivity (Wildman–Crippen MR) is 72.2 cm³/mol. The third kappa shape index (κ3) is 3.13. The lowest BCUT2D eigenvalue weighted by atomic mass is 10.1. The Morgan fingerprint density at radius 2 is 2.24 bits per heavy atom. The topological polar surface area (TPSA) is 38.0 Å². The van der Waals surface area contributed by atoms with Crippen molar-refractivity contribution in [3.05, 3.63) is 56.4 Å². The van der Waals surface area contributed by atoms with E-state index in [4.69, 9.17) is 5.84 Å². The molecule has 0 fully saturated rings. The van der Waals surface area contributed by atoms with Gasteiger partial charge < -0.3 is 0 Å². The summed E-state index contributed by atoms with van der Waals surface area (Å²) in [6, 6.07) is 8.68. The van der Waals surface area contributed by atoms with Crippen molar-refractivity contribution < 1.29 is 4.39 Å². The second kappa shape index (κ2) is 5.73. The molecule has 1 unspecified atom stereocenters. The summed E-state index contributed by atoms with van der Waals surface area (Å²) < 4.78 is 14.1. The third-order valence-electron chi connectivity index (χ3n) is 2.52. The zero-order chi connectivity index (χ0) is 12.3. The first-order valence-corrected chi connectivity index (χ1v) is 6.81. The van der Waals surface area contributed by atoms with Gasteiger partial charge in [-0.3, -0.25) is 11.3 Å². The fraction of sp³-hybridized carbons (Fsp3) is 0.167. The van der Waals surface area contributed by atoms with E-state index in [-0.39, 0.29) is 11.9 Å². The van der Waals surface area contributed by atoms with Crippen molar-refractivity contribution in [1.82, 2.24) is 5.43 Å². The van der Waals surface area contributed by atoms with Crippen LogP contribution >= 0.6 is 27.3 Å². The summed E-state index contributed by atoms with van der Waals surface area (Å²) in [4.78, 5) is 1.14. The average molecular weight is 315 g/mol. The van der Waals surface area contributed by atoms with E-state index in [1.165, 1.54) is 12.1 Å². The molecule has 3 N–H and O–H groups in total. The van der Waals surface area contributed by atoms with Gasteiger partial charge in [-0.25, -0.2) is 4.39 Å². The number of hydrogen-bond donors (Lipinski definition) is 2. The van der Waals surface area contributed by atoms with Crippen LogP contribution in [0.2, 0.25) is 0 Å². The Bertz CT molecular complexity index is 487. The number of nitrogens with one attached hydrogen (secondary N) is 1. The van der Waals surface area contributed by atoms with Crippen LogP contribution in [0.25, 0.3) is 0 Å². The Morgan fingerprint density at radius 1 is 1.41 bits per heavy atom. The van der Waals surface area contributed by atoms with Crippen molar-refractivity contribution in [1.29, 1.82) is 0 Å². The SMILES string of the molecule is NNC(Cc1cc(F)ccc1Br)c1cccs1. The van der Waals surface area contributed by atoms with Crippen LogP contribution in [0, 0.1) is 5.82 Å². The molecule has 2 aromatic rings. The third-order valence-corrected chi connectivity index (χ3v) is 4.28. The van der Waals surface area contributed by atoms with Gasteiger partial charge in [0.1, 0.15) is 5.82 Å². The second-order valence-corrected chi connectivity index (χ2v) is 5.51. The first kappa shape index (κ1) is 12.7. The van der Waals surface area contributed by atoms with Crippen molar-refractivity contribution in [2.75, 3.05) is 0 Å². The predicted octanol–water partition coefficient (Wildman–Crippen LogP) is 3.40. The van der Waals surface area contributed by atoms with Gasteiger partial charge in [0, 0.05) is 9.35 Å². The maximum absolute atomic E-state index is 13.2. The molecule has 1 aromatic heterocycles. The average Bonchev–Trinajstić information content (AvgIpc) is 2.84. The minimum atomic E-state index is -0.231. The lowest BCUT2D eigenvalue weighted by Crippen LogP contribution is -2.29. The van der Waals surface area contributed by atoms with Gasteiger partial charge in [-0.15, -0.1) is 11.3 Å². The van der Waals surface area contributed by atoms with E-state index < -0.39 is 0 Å². The Balaban J connectivity index is 2.21. The maximum Gasteiger partial charge on any atom is 0.123 e.